The van der Waals surface area contributed by atoms with Gasteiger partial charge in [0, 0.05) is 0 Å². The molecule has 0 spiro atoms. The number of hydrogen-bond acceptors (Lipinski definition) is 12. The normalized spacial score (nSPS) is 11.3. The van der Waals surface area contributed by atoms with E-state index in [1.165, 1.54) is 0 Å². The van der Waals surface area contributed by atoms with Gasteiger partial charge in [-0.25, -0.2) is 0 Å². The van der Waals surface area contributed by atoms with Crippen LogP contribution in [0.25, 0.3) is 0 Å². The monoisotopic (exact) mass is 514 g/mol. The van der Waals surface area contributed by atoms with Gasteiger partial charge in [0.15, 0.2) is 0 Å². The van der Waals surface area contributed by atoms with Gasteiger partial charge < -0.3 is 52.5 Å². The van der Waals surface area contributed by atoms with Crippen molar-refractivity contribution in [1.29, 1.82) is 0 Å². The Morgan fingerprint density at radius 1 is 0.457 bits per heavy atom. The van der Waals surface area contributed by atoms with Crippen LogP contribution in [0.15, 0.2) is 0 Å². The van der Waals surface area contributed by atoms with E-state index < -0.39 is 0 Å². The summed E-state index contributed by atoms with van der Waals surface area (Å²) in [5.74, 6) is -0.251. The van der Waals surface area contributed by atoms with Crippen molar-refractivity contribution in [3.8, 4) is 0 Å². The summed E-state index contributed by atoms with van der Waals surface area (Å²) < 4.78 is 52.9. The van der Waals surface area contributed by atoms with E-state index in [-0.39, 0.29) is 19.0 Å². The van der Waals surface area contributed by atoms with Crippen molar-refractivity contribution >= 4 is 5.97 Å². The van der Waals surface area contributed by atoms with E-state index in [1.807, 2.05) is 0 Å². The van der Waals surface area contributed by atoms with Crippen molar-refractivity contribution in [3.63, 3.8) is 0 Å². The second-order valence-corrected chi connectivity index (χ2v) is 6.79. The molecule has 1 N–H and O–H groups in total. The molecule has 0 unspecified atom stereocenters. The Labute approximate surface area is 209 Å². The van der Waals surface area contributed by atoms with Gasteiger partial charge in [-0.3, -0.25) is 4.79 Å². The minimum absolute atomic E-state index is 0.0244. The summed E-state index contributed by atoms with van der Waals surface area (Å²) in [6.45, 7) is 10.7. The molecule has 12 nitrogen and oxygen atoms in total. The van der Waals surface area contributed by atoms with Crippen LogP contribution in [0.3, 0.4) is 0 Å². The van der Waals surface area contributed by atoms with Gasteiger partial charge >= 0.3 is 5.97 Å². The van der Waals surface area contributed by atoms with Gasteiger partial charge in [0.25, 0.3) is 0 Å². The van der Waals surface area contributed by atoms with Gasteiger partial charge in [0.05, 0.1) is 139 Å². The summed E-state index contributed by atoms with van der Waals surface area (Å²) in [5.41, 5.74) is 0. The summed E-state index contributed by atoms with van der Waals surface area (Å²) >= 11 is 0. The standard InChI is InChI=1S/C23H46O12/c1-2-35-23(25)3-5-26-7-9-28-11-13-30-15-17-32-19-21-34-22-20-33-18-16-31-14-12-29-10-8-27-6-4-24/h24H,2-22H2,1H3. The molecule has 0 radical (unpaired) electrons. The molecule has 0 saturated heterocycles. The van der Waals surface area contributed by atoms with Crippen molar-refractivity contribution < 1.29 is 57.3 Å². The Morgan fingerprint density at radius 3 is 0.971 bits per heavy atom. The zero-order valence-corrected chi connectivity index (χ0v) is 21.3. The average Bonchev–Trinajstić information content (AvgIpc) is 2.86. The fraction of sp³-hybridized carbons (Fsp3) is 0.957. The molecular formula is C23H46O12. The predicted molar refractivity (Wildman–Crippen MR) is 126 cm³/mol. The summed E-state index contributed by atoms with van der Waals surface area (Å²) in [5, 5.41) is 8.55. The average molecular weight is 515 g/mol. The Morgan fingerprint density at radius 2 is 0.714 bits per heavy atom. The van der Waals surface area contributed by atoms with Gasteiger partial charge in [-0.2, -0.15) is 0 Å². The highest BCUT2D eigenvalue weighted by Gasteiger charge is 2.00. The lowest BCUT2D eigenvalue weighted by Gasteiger charge is -2.08. The zero-order valence-electron chi connectivity index (χ0n) is 21.3. The van der Waals surface area contributed by atoms with Gasteiger partial charge in [-0.05, 0) is 6.92 Å². The van der Waals surface area contributed by atoms with Crippen LogP contribution in [0, 0.1) is 0 Å². The Hall–Kier alpha value is -0.930. The molecule has 0 fully saturated rings. The van der Waals surface area contributed by atoms with E-state index in [0.29, 0.717) is 126 Å². The molecule has 0 bridgehead atoms. The molecule has 0 atom stereocenters. The van der Waals surface area contributed by atoms with E-state index in [9.17, 15) is 4.79 Å². The van der Waals surface area contributed by atoms with E-state index in [4.69, 9.17) is 52.5 Å². The first-order valence-electron chi connectivity index (χ1n) is 12.3. The number of rotatable bonds is 30. The summed E-state index contributed by atoms with van der Waals surface area (Å²) in [6, 6.07) is 0. The molecule has 0 aromatic heterocycles. The molecular weight excluding hydrogens is 468 g/mol. The van der Waals surface area contributed by atoms with Crippen molar-refractivity contribution in [3.05, 3.63) is 0 Å². The van der Waals surface area contributed by atoms with E-state index in [2.05, 4.69) is 0 Å². The molecule has 210 valence electrons. The molecule has 0 heterocycles. The first kappa shape index (κ1) is 34.1. The van der Waals surface area contributed by atoms with Crippen LogP contribution in [0.2, 0.25) is 0 Å². The second-order valence-electron chi connectivity index (χ2n) is 6.79. The summed E-state index contributed by atoms with van der Waals surface area (Å²) in [6.07, 6.45) is 0.258. The molecule has 0 aromatic rings. The number of hydrogen-bond donors (Lipinski definition) is 1. The van der Waals surface area contributed by atoms with Gasteiger partial charge in [0.1, 0.15) is 0 Å². The van der Waals surface area contributed by atoms with Crippen molar-refractivity contribution in [2.45, 2.75) is 13.3 Å². The molecule has 0 saturated carbocycles. The number of carbonyl (C=O) groups is 1. The lowest BCUT2D eigenvalue weighted by atomic mass is 10.5. The van der Waals surface area contributed by atoms with Gasteiger partial charge in [-0.1, -0.05) is 0 Å². The van der Waals surface area contributed by atoms with Crippen LogP contribution in [-0.4, -0.2) is 143 Å². The number of carbonyl (C=O) groups excluding carboxylic acids is 1. The fourth-order valence-corrected chi connectivity index (χ4v) is 2.31. The molecule has 12 heteroatoms. The maximum absolute atomic E-state index is 11.1. The largest absolute Gasteiger partial charge is 0.466 e. The van der Waals surface area contributed by atoms with Crippen LogP contribution >= 0.6 is 0 Å². The molecule has 35 heavy (non-hydrogen) atoms. The van der Waals surface area contributed by atoms with Crippen molar-refractivity contribution in [2.24, 2.45) is 0 Å². The number of aliphatic hydroxyl groups is 1. The van der Waals surface area contributed by atoms with Crippen LogP contribution in [-0.2, 0) is 52.2 Å². The third-order valence-corrected chi connectivity index (χ3v) is 3.97. The number of esters is 1. The number of aliphatic hydroxyl groups excluding tert-OH is 1. The summed E-state index contributed by atoms with van der Waals surface area (Å²) in [4.78, 5) is 11.1. The van der Waals surface area contributed by atoms with Crippen LogP contribution in [0.1, 0.15) is 13.3 Å². The lowest BCUT2D eigenvalue weighted by Crippen LogP contribution is -2.15. The predicted octanol–water partition coefficient (Wildman–Crippen LogP) is 0.0813. The Bertz CT molecular complexity index is 414. The maximum atomic E-state index is 11.1. The highest BCUT2D eigenvalue weighted by molar-refractivity contribution is 5.69. The zero-order chi connectivity index (χ0) is 25.5. The topological polar surface area (TPSA) is 130 Å². The van der Waals surface area contributed by atoms with Crippen LogP contribution in [0.4, 0.5) is 0 Å². The lowest BCUT2D eigenvalue weighted by molar-refractivity contribution is -0.144. The second kappa shape index (κ2) is 31.1. The SMILES string of the molecule is CCOC(=O)CCOCCOCCOCCOCCOCCOCCOCCOCCOCCO. The van der Waals surface area contributed by atoms with Crippen molar-refractivity contribution in [1.82, 2.24) is 0 Å². The molecule has 0 aliphatic heterocycles. The van der Waals surface area contributed by atoms with E-state index in [0.717, 1.165) is 0 Å². The number of ether oxygens (including phenoxy) is 10. The van der Waals surface area contributed by atoms with Gasteiger partial charge in [0.2, 0.25) is 0 Å². The van der Waals surface area contributed by atoms with Crippen molar-refractivity contribution in [2.75, 3.05) is 132 Å². The fourth-order valence-electron chi connectivity index (χ4n) is 2.31. The highest BCUT2D eigenvalue weighted by Crippen LogP contribution is 1.89. The van der Waals surface area contributed by atoms with E-state index in [1.54, 1.807) is 6.92 Å². The first-order valence-corrected chi connectivity index (χ1v) is 12.3. The Balaban J connectivity index is 3.04. The van der Waals surface area contributed by atoms with Crippen LogP contribution in [0.5, 0.6) is 0 Å². The minimum Gasteiger partial charge on any atom is -0.466 e. The minimum atomic E-state index is -0.251. The quantitative estimate of drug-likeness (QED) is 0.103. The molecule has 0 aromatic carbocycles. The summed E-state index contributed by atoms with van der Waals surface area (Å²) in [7, 11) is 0. The third-order valence-electron chi connectivity index (χ3n) is 3.97. The molecule has 0 aliphatic rings. The Kier molecular flexibility index (Phi) is 30.3. The first-order chi connectivity index (χ1) is 17.3. The maximum Gasteiger partial charge on any atom is 0.308 e. The molecule has 0 rings (SSSR count). The van der Waals surface area contributed by atoms with Crippen LogP contribution < -0.4 is 0 Å². The van der Waals surface area contributed by atoms with Gasteiger partial charge in [-0.15, -0.1) is 0 Å². The smallest absolute Gasteiger partial charge is 0.308 e. The third kappa shape index (κ3) is 31.0. The molecule has 0 amide bonds. The molecule has 0 aliphatic carbocycles. The van der Waals surface area contributed by atoms with E-state index >= 15 is 0 Å². The highest BCUT2D eigenvalue weighted by atomic mass is 16.6.